The van der Waals surface area contributed by atoms with Crippen molar-refractivity contribution in [1.29, 1.82) is 0 Å². The van der Waals surface area contributed by atoms with Gasteiger partial charge in [-0.05, 0) is 31.9 Å². The maximum atomic E-state index is 12.7. The van der Waals surface area contributed by atoms with Crippen LogP contribution in [0.3, 0.4) is 0 Å². The number of hydrogen-bond acceptors (Lipinski definition) is 6. The second-order valence-electron chi connectivity index (χ2n) is 6.74. The van der Waals surface area contributed by atoms with E-state index >= 15 is 0 Å². The van der Waals surface area contributed by atoms with Crippen molar-refractivity contribution < 1.29 is 4.79 Å². The summed E-state index contributed by atoms with van der Waals surface area (Å²) in [5, 5.41) is 8.62. The fourth-order valence-electron chi connectivity index (χ4n) is 3.42. The summed E-state index contributed by atoms with van der Waals surface area (Å²) < 4.78 is 1.74. The number of halogens is 1. The van der Waals surface area contributed by atoms with Crippen LogP contribution in [0.25, 0.3) is 11.0 Å². The largest absolute Gasteiger partial charge is 0.355 e. The summed E-state index contributed by atoms with van der Waals surface area (Å²) in [6.07, 6.45) is 5.05. The zero-order valence-corrected chi connectivity index (χ0v) is 15.9. The molecular formula is C18H20ClN7O. The van der Waals surface area contributed by atoms with E-state index in [1.165, 1.54) is 6.20 Å². The number of carbonyl (C=O) groups is 1. The van der Waals surface area contributed by atoms with Gasteiger partial charge in [-0.15, -0.1) is 0 Å². The standard InChI is InChI=1S/C18H20ClN7O/c1-11-22-16-14(9-21-25(16)2)17(23-11)26-7-3-4-12(10-26)18(27)24-15-6-5-13(19)8-20-15/h5-6,8-9,12H,3-4,7,10H2,1-2H3,(H,20,24,27). The first-order chi connectivity index (χ1) is 13.0. The Labute approximate surface area is 161 Å². The number of amides is 1. The van der Waals surface area contributed by atoms with Gasteiger partial charge >= 0.3 is 0 Å². The van der Waals surface area contributed by atoms with Crippen LogP contribution in [0.2, 0.25) is 5.02 Å². The number of nitrogens with one attached hydrogen (secondary N) is 1. The number of aromatic nitrogens is 5. The molecule has 140 valence electrons. The lowest BCUT2D eigenvalue weighted by Gasteiger charge is -2.33. The number of hydrogen-bond donors (Lipinski definition) is 1. The van der Waals surface area contributed by atoms with Crippen molar-refractivity contribution in [2.24, 2.45) is 13.0 Å². The number of fused-ring (bicyclic) bond motifs is 1. The van der Waals surface area contributed by atoms with E-state index < -0.39 is 0 Å². The smallest absolute Gasteiger partial charge is 0.230 e. The van der Waals surface area contributed by atoms with Crippen LogP contribution in [0.15, 0.2) is 24.5 Å². The number of pyridine rings is 1. The topological polar surface area (TPSA) is 88.8 Å². The SMILES string of the molecule is Cc1nc(N2CCCC(C(=O)Nc3ccc(Cl)cn3)C2)c2cnn(C)c2n1. The highest BCUT2D eigenvalue weighted by atomic mass is 35.5. The van der Waals surface area contributed by atoms with E-state index in [9.17, 15) is 4.79 Å². The average Bonchev–Trinajstić information content (AvgIpc) is 3.04. The van der Waals surface area contributed by atoms with E-state index in [-0.39, 0.29) is 11.8 Å². The van der Waals surface area contributed by atoms with Crippen LogP contribution in [0, 0.1) is 12.8 Å². The molecule has 1 fully saturated rings. The highest BCUT2D eigenvalue weighted by Gasteiger charge is 2.28. The van der Waals surface area contributed by atoms with Crippen molar-refractivity contribution in [2.45, 2.75) is 19.8 Å². The van der Waals surface area contributed by atoms with Gasteiger partial charge in [0, 0.05) is 26.3 Å². The summed E-state index contributed by atoms with van der Waals surface area (Å²) in [6, 6.07) is 3.41. The fraction of sp³-hybridized carbons (Fsp3) is 0.389. The van der Waals surface area contributed by atoms with Gasteiger partial charge in [-0.25, -0.2) is 15.0 Å². The van der Waals surface area contributed by atoms with Crippen molar-refractivity contribution in [3.63, 3.8) is 0 Å². The Morgan fingerprint density at radius 1 is 1.30 bits per heavy atom. The Bertz CT molecular complexity index is 985. The lowest BCUT2D eigenvalue weighted by Crippen LogP contribution is -2.41. The van der Waals surface area contributed by atoms with Gasteiger partial charge in [0.15, 0.2) is 5.65 Å². The molecular weight excluding hydrogens is 366 g/mol. The van der Waals surface area contributed by atoms with Gasteiger partial charge in [0.2, 0.25) is 5.91 Å². The molecule has 27 heavy (non-hydrogen) atoms. The molecule has 1 saturated heterocycles. The minimum absolute atomic E-state index is 0.0391. The van der Waals surface area contributed by atoms with Crippen molar-refractivity contribution in [2.75, 3.05) is 23.3 Å². The van der Waals surface area contributed by atoms with Crippen molar-refractivity contribution in [1.82, 2.24) is 24.7 Å². The molecule has 0 aromatic carbocycles. The molecule has 0 aliphatic carbocycles. The highest BCUT2D eigenvalue weighted by molar-refractivity contribution is 6.30. The van der Waals surface area contributed by atoms with Crippen LogP contribution < -0.4 is 10.2 Å². The molecule has 4 heterocycles. The number of rotatable bonds is 3. The van der Waals surface area contributed by atoms with E-state index in [0.717, 1.165) is 36.2 Å². The molecule has 1 atom stereocenters. The van der Waals surface area contributed by atoms with Gasteiger partial charge in [-0.3, -0.25) is 9.48 Å². The molecule has 0 spiro atoms. The van der Waals surface area contributed by atoms with E-state index in [2.05, 4.69) is 30.3 Å². The summed E-state index contributed by atoms with van der Waals surface area (Å²) in [5.74, 6) is 1.86. The van der Waals surface area contributed by atoms with Crippen LogP contribution in [0.1, 0.15) is 18.7 Å². The summed E-state index contributed by atoms with van der Waals surface area (Å²) in [4.78, 5) is 28.1. The van der Waals surface area contributed by atoms with E-state index in [1.54, 1.807) is 23.0 Å². The Morgan fingerprint density at radius 2 is 2.15 bits per heavy atom. The Kier molecular flexibility index (Phi) is 4.65. The zero-order valence-electron chi connectivity index (χ0n) is 15.2. The van der Waals surface area contributed by atoms with Crippen molar-refractivity contribution >= 4 is 40.2 Å². The molecule has 0 radical (unpaired) electrons. The fourth-order valence-corrected chi connectivity index (χ4v) is 3.53. The van der Waals surface area contributed by atoms with E-state index in [4.69, 9.17) is 11.6 Å². The number of carbonyl (C=O) groups excluding carboxylic acids is 1. The van der Waals surface area contributed by atoms with Crippen LogP contribution >= 0.6 is 11.6 Å². The lowest BCUT2D eigenvalue weighted by molar-refractivity contribution is -0.120. The molecule has 3 aromatic heterocycles. The third-order valence-corrected chi connectivity index (χ3v) is 4.98. The van der Waals surface area contributed by atoms with Crippen LogP contribution in [-0.4, -0.2) is 43.7 Å². The molecule has 0 saturated carbocycles. The summed E-state index contributed by atoms with van der Waals surface area (Å²) in [6.45, 7) is 3.32. The Morgan fingerprint density at radius 3 is 2.93 bits per heavy atom. The molecule has 1 aliphatic rings. The highest BCUT2D eigenvalue weighted by Crippen LogP contribution is 2.28. The summed E-state index contributed by atoms with van der Waals surface area (Å²) >= 11 is 5.85. The van der Waals surface area contributed by atoms with Gasteiger partial charge in [-0.1, -0.05) is 11.6 Å². The minimum atomic E-state index is -0.141. The number of anilines is 2. The van der Waals surface area contributed by atoms with Crippen LogP contribution in [-0.2, 0) is 11.8 Å². The molecule has 3 aromatic rings. The van der Waals surface area contributed by atoms with Crippen molar-refractivity contribution in [3.8, 4) is 0 Å². The Hall–Kier alpha value is -2.74. The monoisotopic (exact) mass is 385 g/mol. The zero-order chi connectivity index (χ0) is 19.0. The van der Waals surface area contributed by atoms with E-state index in [1.807, 2.05) is 14.0 Å². The normalized spacial score (nSPS) is 17.3. The lowest BCUT2D eigenvalue weighted by atomic mass is 9.97. The second-order valence-corrected chi connectivity index (χ2v) is 7.17. The first-order valence-electron chi connectivity index (χ1n) is 8.85. The molecule has 1 aliphatic heterocycles. The first kappa shape index (κ1) is 17.7. The van der Waals surface area contributed by atoms with Gasteiger partial charge < -0.3 is 10.2 Å². The molecule has 1 N–H and O–H groups in total. The third kappa shape index (κ3) is 3.57. The molecule has 4 rings (SSSR count). The second kappa shape index (κ2) is 7.11. The predicted octanol–water partition coefficient (Wildman–Crippen LogP) is 2.58. The third-order valence-electron chi connectivity index (χ3n) is 4.75. The molecule has 8 nitrogen and oxygen atoms in total. The summed E-state index contributed by atoms with van der Waals surface area (Å²) in [7, 11) is 1.87. The number of aryl methyl sites for hydroxylation is 2. The minimum Gasteiger partial charge on any atom is -0.355 e. The molecule has 0 bridgehead atoms. The molecule has 1 unspecified atom stereocenters. The first-order valence-corrected chi connectivity index (χ1v) is 9.23. The van der Waals surface area contributed by atoms with Gasteiger partial charge in [0.25, 0.3) is 0 Å². The van der Waals surface area contributed by atoms with Gasteiger partial charge in [-0.2, -0.15) is 5.10 Å². The van der Waals surface area contributed by atoms with Gasteiger partial charge in [0.1, 0.15) is 17.5 Å². The number of piperidine rings is 1. The molecule has 9 heteroatoms. The predicted molar refractivity (Wildman–Crippen MR) is 104 cm³/mol. The quantitative estimate of drug-likeness (QED) is 0.745. The Balaban J connectivity index is 1.54. The molecule has 1 amide bonds. The van der Waals surface area contributed by atoms with E-state index in [0.29, 0.717) is 23.2 Å². The van der Waals surface area contributed by atoms with Crippen LogP contribution in [0.5, 0.6) is 0 Å². The maximum absolute atomic E-state index is 12.7. The van der Waals surface area contributed by atoms with Gasteiger partial charge in [0.05, 0.1) is 22.5 Å². The number of nitrogens with zero attached hydrogens (tertiary/aromatic N) is 6. The average molecular weight is 386 g/mol. The summed E-state index contributed by atoms with van der Waals surface area (Å²) in [5.41, 5.74) is 0.800. The van der Waals surface area contributed by atoms with Crippen LogP contribution in [0.4, 0.5) is 11.6 Å². The maximum Gasteiger partial charge on any atom is 0.230 e. The van der Waals surface area contributed by atoms with Crippen molar-refractivity contribution in [3.05, 3.63) is 35.4 Å².